The van der Waals surface area contributed by atoms with E-state index in [-0.39, 0.29) is 17.6 Å². The standard InChI is InChI=1S/C26H26N6O3/c1-19(23-5-2-3-12-28-23)29-24-11-8-21(17-25(24)32(34)35)26(33)31-14-4-13-30(15-16-31)22-9-6-20(18-27)7-10-22/h2-3,5-12,17,19,29H,4,13-16H2,1H3. The topological polar surface area (TPSA) is 115 Å². The molecule has 0 radical (unpaired) electrons. The average Bonchev–Trinajstić information content (AvgIpc) is 3.15. The minimum atomic E-state index is -0.473. The van der Waals surface area contributed by atoms with E-state index in [2.05, 4.69) is 21.3 Å². The van der Waals surface area contributed by atoms with Crippen molar-refractivity contribution < 1.29 is 9.72 Å². The van der Waals surface area contributed by atoms with Gasteiger partial charge < -0.3 is 15.1 Å². The van der Waals surface area contributed by atoms with Gasteiger partial charge in [0, 0.05) is 49.7 Å². The van der Waals surface area contributed by atoms with Crippen molar-refractivity contribution in [2.45, 2.75) is 19.4 Å². The monoisotopic (exact) mass is 470 g/mol. The first-order valence-corrected chi connectivity index (χ1v) is 11.5. The number of rotatable bonds is 6. The van der Waals surface area contributed by atoms with Crippen molar-refractivity contribution in [1.82, 2.24) is 9.88 Å². The Morgan fingerprint density at radius 2 is 1.91 bits per heavy atom. The molecule has 2 heterocycles. The van der Waals surface area contributed by atoms with Gasteiger partial charge in [0.05, 0.1) is 28.3 Å². The normalized spacial score (nSPS) is 14.5. The van der Waals surface area contributed by atoms with Gasteiger partial charge in [0.25, 0.3) is 11.6 Å². The Bertz CT molecular complexity index is 1240. The Hall–Kier alpha value is -4.45. The molecule has 9 nitrogen and oxygen atoms in total. The van der Waals surface area contributed by atoms with Crippen LogP contribution in [0.3, 0.4) is 0 Å². The second kappa shape index (κ2) is 10.7. The third-order valence-corrected chi connectivity index (χ3v) is 6.09. The van der Waals surface area contributed by atoms with Crippen LogP contribution in [-0.2, 0) is 0 Å². The summed E-state index contributed by atoms with van der Waals surface area (Å²) in [5.74, 6) is -0.223. The number of hydrogen-bond donors (Lipinski definition) is 1. The number of amides is 1. The van der Waals surface area contributed by atoms with Crippen molar-refractivity contribution in [2.24, 2.45) is 0 Å². The molecule has 1 saturated heterocycles. The molecule has 0 saturated carbocycles. The molecule has 1 fully saturated rings. The van der Waals surface area contributed by atoms with E-state index >= 15 is 0 Å². The zero-order valence-electron chi connectivity index (χ0n) is 19.4. The second-order valence-electron chi connectivity index (χ2n) is 8.40. The number of benzene rings is 2. The van der Waals surface area contributed by atoms with E-state index in [1.165, 1.54) is 6.07 Å². The van der Waals surface area contributed by atoms with Gasteiger partial charge in [0.2, 0.25) is 0 Å². The zero-order chi connectivity index (χ0) is 24.8. The molecule has 0 bridgehead atoms. The lowest BCUT2D eigenvalue weighted by atomic mass is 10.1. The fraction of sp³-hybridized carbons (Fsp3) is 0.269. The lowest BCUT2D eigenvalue weighted by Gasteiger charge is -2.24. The molecule has 3 aromatic rings. The lowest BCUT2D eigenvalue weighted by Crippen LogP contribution is -2.35. The van der Waals surface area contributed by atoms with Gasteiger partial charge in [-0.25, -0.2) is 0 Å². The first-order chi connectivity index (χ1) is 17.0. The number of nitro groups is 1. The van der Waals surface area contributed by atoms with Gasteiger partial charge in [-0.05, 0) is 61.9 Å². The highest BCUT2D eigenvalue weighted by molar-refractivity contribution is 5.96. The molecule has 1 N–H and O–H groups in total. The largest absolute Gasteiger partial charge is 0.371 e. The van der Waals surface area contributed by atoms with Gasteiger partial charge in [-0.1, -0.05) is 6.07 Å². The molecule has 178 valence electrons. The van der Waals surface area contributed by atoms with Crippen LogP contribution in [0.2, 0.25) is 0 Å². The maximum atomic E-state index is 13.2. The molecule has 35 heavy (non-hydrogen) atoms. The summed E-state index contributed by atoms with van der Waals surface area (Å²) in [6, 6.07) is 19.4. The third kappa shape index (κ3) is 5.55. The quantitative estimate of drug-likeness (QED) is 0.420. The van der Waals surface area contributed by atoms with Gasteiger partial charge in [0.15, 0.2) is 0 Å². The van der Waals surface area contributed by atoms with Crippen molar-refractivity contribution in [3.05, 3.63) is 93.8 Å². The highest BCUT2D eigenvalue weighted by Gasteiger charge is 2.24. The number of nitrogens with zero attached hydrogens (tertiary/aromatic N) is 5. The van der Waals surface area contributed by atoms with Gasteiger partial charge in [-0.3, -0.25) is 19.9 Å². The summed E-state index contributed by atoms with van der Waals surface area (Å²) in [7, 11) is 0. The van der Waals surface area contributed by atoms with Crippen LogP contribution in [0.25, 0.3) is 0 Å². The van der Waals surface area contributed by atoms with Crippen molar-refractivity contribution in [2.75, 3.05) is 36.4 Å². The number of nitrogens with one attached hydrogen (secondary N) is 1. The molecular formula is C26H26N6O3. The number of aromatic nitrogens is 1. The summed E-state index contributed by atoms with van der Waals surface area (Å²) in [6.07, 6.45) is 2.45. The lowest BCUT2D eigenvalue weighted by molar-refractivity contribution is -0.384. The van der Waals surface area contributed by atoms with Crippen LogP contribution in [0.15, 0.2) is 66.9 Å². The smallest absolute Gasteiger partial charge is 0.293 e. The maximum absolute atomic E-state index is 13.2. The molecule has 1 atom stereocenters. The van der Waals surface area contributed by atoms with Crippen LogP contribution in [0.1, 0.15) is 41.0 Å². The van der Waals surface area contributed by atoms with Gasteiger partial charge in [-0.2, -0.15) is 5.26 Å². The number of hydrogen-bond acceptors (Lipinski definition) is 7. The zero-order valence-corrected chi connectivity index (χ0v) is 19.4. The predicted octanol–water partition coefficient (Wildman–Crippen LogP) is 4.39. The number of nitro benzene ring substituents is 1. The fourth-order valence-electron chi connectivity index (χ4n) is 4.19. The van der Waals surface area contributed by atoms with E-state index < -0.39 is 4.92 Å². The predicted molar refractivity (Wildman–Crippen MR) is 133 cm³/mol. The van der Waals surface area contributed by atoms with Gasteiger partial charge in [0.1, 0.15) is 5.69 Å². The first-order valence-electron chi connectivity index (χ1n) is 11.5. The van der Waals surface area contributed by atoms with Crippen LogP contribution in [-0.4, -0.2) is 46.9 Å². The SMILES string of the molecule is CC(Nc1ccc(C(=O)N2CCCN(c3ccc(C#N)cc3)CC2)cc1[N+](=O)[O-])c1ccccn1. The summed E-state index contributed by atoms with van der Waals surface area (Å²) in [4.78, 5) is 32.8. The fourth-order valence-corrected chi connectivity index (χ4v) is 4.19. The van der Waals surface area contributed by atoms with E-state index in [1.54, 1.807) is 35.4 Å². The molecule has 9 heteroatoms. The summed E-state index contributed by atoms with van der Waals surface area (Å²) in [5.41, 5.74) is 2.86. The minimum absolute atomic E-state index is 0.146. The van der Waals surface area contributed by atoms with Crippen molar-refractivity contribution in [3.8, 4) is 6.07 Å². The molecule has 1 aromatic heterocycles. The van der Waals surface area contributed by atoms with Gasteiger partial charge >= 0.3 is 0 Å². The van der Waals surface area contributed by atoms with E-state index in [1.807, 2.05) is 37.3 Å². The van der Waals surface area contributed by atoms with Crippen molar-refractivity contribution in [1.29, 1.82) is 5.26 Å². The minimum Gasteiger partial charge on any atom is -0.371 e. The molecular weight excluding hydrogens is 444 g/mol. The van der Waals surface area contributed by atoms with Crippen LogP contribution in [0, 0.1) is 21.4 Å². The summed E-state index contributed by atoms with van der Waals surface area (Å²) in [5, 5.41) is 23.9. The Kier molecular flexibility index (Phi) is 7.21. The number of pyridine rings is 1. The molecule has 0 spiro atoms. The van der Waals surface area contributed by atoms with Crippen LogP contribution in [0.5, 0.6) is 0 Å². The molecule has 0 aliphatic carbocycles. The first kappa shape index (κ1) is 23.7. The van der Waals surface area contributed by atoms with Gasteiger partial charge in [-0.15, -0.1) is 0 Å². The number of carbonyl (C=O) groups is 1. The second-order valence-corrected chi connectivity index (χ2v) is 8.40. The van der Waals surface area contributed by atoms with Crippen LogP contribution >= 0.6 is 0 Å². The highest BCUT2D eigenvalue weighted by atomic mass is 16.6. The van der Waals surface area contributed by atoms with Crippen molar-refractivity contribution >= 4 is 23.0 Å². The van der Waals surface area contributed by atoms with E-state index in [0.717, 1.165) is 24.3 Å². The Morgan fingerprint density at radius 1 is 1.11 bits per heavy atom. The Balaban J connectivity index is 1.47. The number of carbonyl (C=O) groups excluding carboxylic acids is 1. The van der Waals surface area contributed by atoms with Crippen LogP contribution in [0.4, 0.5) is 17.1 Å². The van der Waals surface area contributed by atoms with E-state index in [0.29, 0.717) is 36.4 Å². The Morgan fingerprint density at radius 3 is 2.60 bits per heavy atom. The maximum Gasteiger partial charge on any atom is 0.293 e. The summed E-state index contributed by atoms with van der Waals surface area (Å²) in [6.45, 7) is 4.37. The van der Waals surface area contributed by atoms with Crippen LogP contribution < -0.4 is 10.2 Å². The molecule has 1 unspecified atom stereocenters. The van der Waals surface area contributed by atoms with E-state index in [9.17, 15) is 14.9 Å². The molecule has 1 aliphatic heterocycles. The molecule has 4 rings (SSSR count). The van der Waals surface area contributed by atoms with E-state index in [4.69, 9.17) is 5.26 Å². The summed E-state index contributed by atoms with van der Waals surface area (Å²) >= 11 is 0. The molecule has 1 aliphatic rings. The average molecular weight is 471 g/mol. The molecule has 1 amide bonds. The number of anilines is 2. The summed E-state index contributed by atoms with van der Waals surface area (Å²) < 4.78 is 0. The highest BCUT2D eigenvalue weighted by Crippen LogP contribution is 2.29. The number of nitriles is 1. The third-order valence-electron chi connectivity index (χ3n) is 6.09. The molecule has 2 aromatic carbocycles. The Labute approximate surface area is 203 Å². The van der Waals surface area contributed by atoms with Crippen molar-refractivity contribution in [3.63, 3.8) is 0 Å².